The molecule has 0 radical (unpaired) electrons. The van der Waals surface area contributed by atoms with E-state index in [2.05, 4.69) is 28.5 Å². The number of fused-ring (bicyclic) bond motifs is 2. The average molecular weight is 445 g/mol. The van der Waals surface area contributed by atoms with Crippen LogP contribution in [0.1, 0.15) is 11.1 Å². The molecule has 0 spiro atoms. The van der Waals surface area contributed by atoms with Crippen molar-refractivity contribution in [2.24, 2.45) is 0 Å². The number of hydrogen-bond acceptors (Lipinski definition) is 4. The number of benzene rings is 2. The third-order valence-corrected chi connectivity index (χ3v) is 5.60. The Morgan fingerprint density at radius 3 is 2.56 bits per heavy atom. The highest BCUT2D eigenvalue weighted by Gasteiger charge is 2.18. The zero-order valence-electron chi connectivity index (χ0n) is 17.9. The topological polar surface area (TPSA) is 71.4 Å². The fraction of sp³-hybridized carbons (Fsp3) is 0.120. The number of imidazole rings is 1. The lowest BCUT2D eigenvalue weighted by molar-refractivity contribution is 0.415. The lowest BCUT2D eigenvalue weighted by Gasteiger charge is -2.11. The number of pyridine rings is 2. The molecule has 0 aliphatic rings. The van der Waals surface area contributed by atoms with Gasteiger partial charge in [-0.3, -0.25) is 9.20 Å². The van der Waals surface area contributed by atoms with Crippen LogP contribution >= 0.6 is 11.6 Å². The molecule has 32 heavy (non-hydrogen) atoms. The maximum absolute atomic E-state index is 13.1. The molecule has 0 bridgehead atoms. The number of anilines is 2. The van der Waals surface area contributed by atoms with Crippen molar-refractivity contribution >= 4 is 39.7 Å². The third-order valence-electron chi connectivity index (χ3n) is 5.37. The first-order valence-corrected chi connectivity index (χ1v) is 10.5. The quantitative estimate of drug-likeness (QED) is 0.364. The Labute approximate surface area is 189 Å². The summed E-state index contributed by atoms with van der Waals surface area (Å²) >= 11 is 6.28. The van der Waals surface area contributed by atoms with E-state index < -0.39 is 0 Å². The number of aromatic amines is 1. The Kier molecular flexibility index (Phi) is 4.87. The van der Waals surface area contributed by atoms with Gasteiger partial charge in [-0.25, -0.2) is 4.98 Å². The second-order valence-electron chi connectivity index (χ2n) is 7.85. The van der Waals surface area contributed by atoms with Gasteiger partial charge in [0.25, 0.3) is 5.56 Å². The minimum absolute atomic E-state index is 0.222. The van der Waals surface area contributed by atoms with Crippen molar-refractivity contribution in [2.75, 3.05) is 12.4 Å². The van der Waals surface area contributed by atoms with Gasteiger partial charge in [0, 0.05) is 22.8 Å². The lowest BCUT2D eigenvalue weighted by Crippen LogP contribution is -2.10. The zero-order chi connectivity index (χ0) is 22.4. The van der Waals surface area contributed by atoms with Gasteiger partial charge in [0.15, 0.2) is 0 Å². The standard InChI is InChI=1S/C25H21ClN4O2/c1-14-8-15(2)10-18(9-14)27-24-23(29-22-7-4-17(26)13-30(22)24)20-12-16-11-19(32-3)5-6-21(16)28-25(20)31/h4-13,27H,1-3H3,(H,28,31). The Morgan fingerprint density at radius 2 is 1.81 bits per heavy atom. The second kappa shape index (κ2) is 7.73. The molecule has 0 unspecified atom stereocenters. The van der Waals surface area contributed by atoms with Crippen LogP contribution in [0.15, 0.2) is 65.6 Å². The number of rotatable bonds is 4. The van der Waals surface area contributed by atoms with E-state index >= 15 is 0 Å². The Bertz CT molecular complexity index is 1530. The predicted molar refractivity (Wildman–Crippen MR) is 130 cm³/mol. The summed E-state index contributed by atoms with van der Waals surface area (Å²) in [4.78, 5) is 20.8. The molecule has 160 valence electrons. The number of aryl methyl sites for hydroxylation is 2. The average Bonchev–Trinajstić information content (AvgIpc) is 3.09. The van der Waals surface area contributed by atoms with Crippen molar-refractivity contribution in [3.63, 3.8) is 0 Å². The molecule has 0 atom stereocenters. The first kappa shape index (κ1) is 20.2. The van der Waals surface area contributed by atoms with Gasteiger partial charge in [0.05, 0.1) is 17.7 Å². The molecule has 7 heteroatoms. The first-order chi connectivity index (χ1) is 15.4. The number of H-pyrrole nitrogens is 1. The number of methoxy groups -OCH3 is 1. The normalized spacial score (nSPS) is 11.2. The molecule has 0 aliphatic carbocycles. The molecule has 5 aromatic rings. The second-order valence-corrected chi connectivity index (χ2v) is 8.29. The molecule has 0 saturated carbocycles. The molecule has 2 aromatic carbocycles. The van der Waals surface area contributed by atoms with Crippen molar-refractivity contribution < 1.29 is 4.74 Å². The molecule has 2 N–H and O–H groups in total. The lowest BCUT2D eigenvalue weighted by atomic mass is 10.1. The van der Waals surface area contributed by atoms with E-state index in [1.54, 1.807) is 19.4 Å². The number of hydrogen-bond donors (Lipinski definition) is 2. The summed E-state index contributed by atoms with van der Waals surface area (Å²) in [6.45, 7) is 4.10. The highest BCUT2D eigenvalue weighted by Crippen LogP contribution is 2.32. The predicted octanol–water partition coefficient (Wildman–Crippen LogP) is 5.87. The van der Waals surface area contributed by atoms with Gasteiger partial charge in [-0.1, -0.05) is 17.7 Å². The maximum Gasteiger partial charge on any atom is 0.258 e. The molecule has 0 saturated heterocycles. The van der Waals surface area contributed by atoms with E-state index in [0.29, 0.717) is 33.5 Å². The SMILES string of the molecule is COc1ccc2[nH]c(=O)c(-c3nc4ccc(Cl)cn4c3Nc3cc(C)cc(C)c3)cc2c1. The molecular weight excluding hydrogens is 424 g/mol. The first-order valence-electron chi connectivity index (χ1n) is 10.2. The fourth-order valence-electron chi connectivity index (χ4n) is 4.00. The van der Waals surface area contributed by atoms with Crippen LogP contribution in [0.5, 0.6) is 5.75 Å². The van der Waals surface area contributed by atoms with Crippen LogP contribution in [0, 0.1) is 13.8 Å². The number of nitrogens with zero attached hydrogens (tertiary/aromatic N) is 2. The largest absolute Gasteiger partial charge is 0.497 e. The van der Waals surface area contributed by atoms with Crippen LogP contribution in [0.2, 0.25) is 5.02 Å². The summed E-state index contributed by atoms with van der Waals surface area (Å²) in [5.41, 5.74) is 5.37. The Morgan fingerprint density at radius 1 is 1.03 bits per heavy atom. The van der Waals surface area contributed by atoms with Crippen molar-refractivity contribution in [2.45, 2.75) is 13.8 Å². The number of aromatic nitrogens is 3. The highest BCUT2D eigenvalue weighted by molar-refractivity contribution is 6.30. The molecule has 6 nitrogen and oxygen atoms in total. The third kappa shape index (κ3) is 3.59. The smallest absolute Gasteiger partial charge is 0.258 e. The molecule has 3 heterocycles. The van der Waals surface area contributed by atoms with Gasteiger partial charge >= 0.3 is 0 Å². The van der Waals surface area contributed by atoms with E-state index in [1.165, 1.54) is 0 Å². The van der Waals surface area contributed by atoms with Crippen molar-refractivity contribution in [3.05, 3.63) is 87.3 Å². The molecule has 3 aromatic heterocycles. The minimum atomic E-state index is -0.222. The molecule has 0 fully saturated rings. The van der Waals surface area contributed by atoms with Crippen LogP contribution in [-0.2, 0) is 0 Å². The number of nitrogens with one attached hydrogen (secondary N) is 2. The molecule has 5 rings (SSSR count). The van der Waals surface area contributed by atoms with Gasteiger partial charge in [0.1, 0.15) is 22.9 Å². The molecule has 0 aliphatic heterocycles. The summed E-state index contributed by atoms with van der Waals surface area (Å²) in [6, 6.07) is 17.2. The van der Waals surface area contributed by atoms with Crippen LogP contribution in [0.25, 0.3) is 27.8 Å². The molecule has 0 amide bonds. The summed E-state index contributed by atoms with van der Waals surface area (Å²) in [7, 11) is 1.62. The van der Waals surface area contributed by atoms with Gasteiger partial charge < -0.3 is 15.0 Å². The summed E-state index contributed by atoms with van der Waals surface area (Å²) in [5.74, 6) is 1.38. The van der Waals surface area contributed by atoms with Crippen LogP contribution in [-0.4, -0.2) is 21.5 Å². The van der Waals surface area contributed by atoms with Gasteiger partial charge in [-0.2, -0.15) is 0 Å². The Hall–Kier alpha value is -3.77. The van der Waals surface area contributed by atoms with Crippen LogP contribution < -0.4 is 15.6 Å². The summed E-state index contributed by atoms with van der Waals surface area (Å²) in [6.07, 6.45) is 1.79. The number of ether oxygens (including phenoxy) is 1. The van der Waals surface area contributed by atoms with Gasteiger partial charge in [-0.05, 0) is 73.5 Å². The number of halogens is 1. The summed E-state index contributed by atoms with van der Waals surface area (Å²) in [5, 5.41) is 4.89. The summed E-state index contributed by atoms with van der Waals surface area (Å²) < 4.78 is 7.21. The zero-order valence-corrected chi connectivity index (χ0v) is 18.6. The van der Waals surface area contributed by atoms with E-state index in [-0.39, 0.29) is 5.56 Å². The highest BCUT2D eigenvalue weighted by atomic mass is 35.5. The maximum atomic E-state index is 13.1. The van der Waals surface area contributed by atoms with Gasteiger partial charge in [0.2, 0.25) is 0 Å². The van der Waals surface area contributed by atoms with Crippen molar-refractivity contribution in [1.82, 2.24) is 14.4 Å². The Balaban J connectivity index is 1.76. The monoisotopic (exact) mass is 444 g/mol. The van der Waals surface area contributed by atoms with E-state index in [0.717, 1.165) is 27.7 Å². The van der Waals surface area contributed by atoms with Crippen molar-refractivity contribution in [3.8, 4) is 17.0 Å². The van der Waals surface area contributed by atoms with Gasteiger partial charge in [-0.15, -0.1) is 0 Å². The van der Waals surface area contributed by atoms with Crippen LogP contribution in [0.3, 0.4) is 0 Å². The molecular formula is C25H21ClN4O2. The van der Waals surface area contributed by atoms with E-state index in [9.17, 15) is 4.79 Å². The van der Waals surface area contributed by atoms with Crippen LogP contribution in [0.4, 0.5) is 11.5 Å². The fourth-order valence-corrected chi connectivity index (χ4v) is 4.16. The van der Waals surface area contributed by atoms with E-state index in [1.807, 2.05) is 48.6 Å². The van der Waals surface area contributed by atoms with Crippen molar-refractivity contribution in [1.29, 1.82) is 0 Å². The minimum Gasteiger partial charge on any atom is -0.497 e. The van der Waals surface area contributed by atoms with E-state index in [4.69, 9.17) is 21.3 Å².